The van der Waals surface area contributed by atoms with Crippen molar-refractivity contribution in [2.24, 2.45) is 0 Å². The van der Waals surface area contributed by atoms with Gasteiger partial charge in [-0.05, 0) is 37.6 Å². The highest BCUT2D eigenvalue weighted by Crippen LogP contribution is 2.21. The van der Waals surface area contributed by atoms with Gasteiger partial charge in [-0.1, -0.05) is 27.5 Å². The lowest BCUT2D eigenvalue weighted by Gasteiger charge is -2.24. The summed E-state index contributed by atoms with van der Waals surface area (Å²) in [6, 6.07) is 5.49. The molecule has 1 saturated heterocycles. The number of piperidine rings is 1. The van der Waals surface area contributed by atoms with E-state index in [4.69, 9.17) is 11.6 Å². The fourth-order valence-corrected chi connectivity index (χ4v) is 2.67. The van der Waals surface area contributed by atoms with Gasteiger partial charge in [0, 0.05) is 17.1 Å². The minimum absolute atomic E-state index is 0.101. The number of rotatable bonds is 2. The summed E-state index contributed by atoms with van der Waals surface area (Å²) in [6.45, 7) is 1.87. The first-order valence-corrected chi connectivity index (χ1v) is 6.80. The second kappa shape index (κ2) is 5.85. The smallest absolute Gasteiger partial charge is 0.253 e. The van der Waals surface area contributed by atoms with Gasteiger partial charge in [-0.15, -0.1) is 0 Å². The highest BCUT2D eigenvalue weighted by Gasteiger charge is 2.17. The molecule has 92 valence electrons. The second-order valence-electron chi connectivity index (χ2n) is 4.14. The summed E-state index contributed by atoms with van der Waals surface area (Å²) in [4.78, 5) is 12.0. The molecule has 1 fully saturated rings. The summed E-state index contributed by atoms with van der Waals surface area (Å²) in [7, 11) is 0. The molecule has 1 atom stereocenters. The zero-order chi connectivity index (χ0) is 12.3. The Labute approximate surface area is 114 Å². The Morgan fingerprint density at radius 2 is 2.35 bits per heavy atom. The monoisotopic (exact) mass is 316 g/mol. The van der Waals surface area contributed by atoms with E-state index in [1.807, 2.05) is 6.07 Å². The zero-order valence-corrected chi connectivity index (χ0v) is 11.6. The normalized spacial score (nSPS) is 20.0. The van der Waals surface area contributed by atoms with E-state index in [9.17, 15) is 4.79 Å². The maximum Gasteiger partial charge on any atom is 0.253 e. The van der Waals surface area contributed by atoms with Gasteiger partial charge in [0.05, 0.1) is 10.6 Å². The fourth-order valence-electron chi connectivity index (χ4n) is 1.91. The molecule has 2 N–H and O–H groups in total. The van der Waals surface area contributed by atoms with Gasteiger partial charge in [-0.25, -0.2) is 0 Å². The Balaban J connectivity index is 2.03. The van der Waals surface area contributed by atoms with Crippen molar-refractivity contribution in [2.45, 2.75) is 18.9 Å². The molecule has 17 heavy (non-hydrogen) atoms. The average molecular weight is 318 g/mol. The van der Waals surface area contributed by atoms with E-state index in [0.717, 1.165) is 30.4 Å². The molecular formula is C12H14BrClN2O. The van der Waals surface area contributed by atoms with Crippen molar-refractivity contribution >= 4 is 33.4 Å². The third-order valence-corrected chi connectivity index (χ3v) is 3.61. The largest absolute Gasteiger partial charge is 0.348 e. The maximum absolute atomic E-state index is 12.0. The third kappa shape index (κ3) is 3.44. The third-order valence-electron chi connectivity index (χ3n) is 2.81. The first-order valence-electron chi connectivity index (χ1n) is 5.63. The van der Waals surface area contributed by atoms with Crippen LogP contribution in [0.5, 0.6) is 0 Å². The van der Waals surface area contributed by atoms with Gasteiger partial charge in [0.15, 0.2) is 0 Å². The van der Waals surface area contributed by atoms with Crippen LogP contribution in [-0.2, 0) is 0 Å². The Hall–Kier alpha value is -0.580. The number of benzene rings is 1. The first-order chi connectivity index (χ1) is 8.16. The van der Waals surface area contributed by atoms with Crippen molar-refractivity contribution in [3.8, 4) is 0 Å². The van der Waals surface area contributed by atoms with E-state index < -0.39 is 0 Å². The summed E-state index contributed by atoms with van der Waals surface area (Å²) < 4.78 is 0.874. The summed E-state index contributed by atoms with van der Waals surface area (Å²) >= 11 is 9.35. The number of halogens is 2. The molecule has 0 saturated carbocycles. The van der Waals surface area contributed by atoms with Crippen LogP contribution < -0.4 is 10.6 Å². The molecule has 0 spiro atoms. The van der Waals surface area contributed by atoms with Crippen molar-refractivity contribution < 1.29 is 4.79 Å². The molecule has 1 aliphatic heterocycles. The predicted octanol–water partition coefficient (Wildman–Crippen LogP) is 2.58. The van der Waals surface area contributed by atoms with Crippen molar-refractivity contribution in [3.05, 3.63) is 33.3 Å². The van der Waals surface area contributed by atoms with Gasteiger partial charge in [-0.2, -0.15) is 0 Å². The lowest BCUT2D eigenvalue weighted by atomic mass is 10.1. The molecule has 0 radical (unpaired) electrons. The second-order valence-corrected chi connectivity index (χ2v) is 5.46. The molecule has 0 aromatic heterocycles. The van der Waals surface area contributed by atoms with Gasteiger partial charge in [0.1, 0.15) is 0 Å². The lowest BCUT2D eigenvalue weighted by Crippen LogP contribution is -2.45. The molecule has 1 amide bonds. The van der Waals surface area contributed by atoms with Gasteiger partial charge in [-0.3, -0.25) is 4.79 Å². The van der Waals surface area contributed by atoms with Crippen LogP contribution in [0.15, 0.2) is 22.7 Å². The molecule has 1 heterocycles. The highest BCUT2D eigenvalue weighted by atomic mass is 79.9. The molecule has 1 unspecified atom stereocenters. The number of nitrogens with one attached hydrogen (secondary N) is 2. The molecule has 3 nitrogen and oxygen atoms in total. The van der Waals surface area contributed by atoms with E-state index >= 15 is 0 Å². The number of carbonyl (C=O) groups is 1. The van der Waals surface area contributed by atoms with E-state index in [2.05, 4.69) is 26.6 Å². The summed E-state index contributed by atoms with van der Waals surface area (Å²) in [5.41, 5.74) is 0.528. The molecule has 2 rings (SSSR count). The van der Waals surface area contributed by atoms with Gasteiger partial charge in [0.2, 0.25) is 0 Å². The highest BCUT2D eigenvalue weighted by molar-refractivity contribution is 9.10. The molecule has 1 aromatic carbocycles. The van der Waals surface area contributed by atoms with Gasteiger partial charge in [0.25, 0.3) is 5.91 Å². The van der Waals surface area contributed by atoms with Crippen LogP contribution in [0.3, 0.4) is 0 Å². The Morgan fingerprint density at radius 1 is 1.53 bits per heavy atom. The number of carbonyl (C=O) groups excluding carboxylic acids is 1. The predicted molar refractivity (Wildman–Crippen MR) is 72.5 cm³/mol. The minimum atomic E-state index is -0.101. The van der Waals surface area contributed by atoms with Gasteiger partial charge >= 0.3 is 0 Å². The first kappa shape index (κ1) is 12.9. The SMILES string of the molecule is O=C(NC1CCCNC1)c1ccc(Br)cc1Cl. The van der Waals surface area contributed by atoms with Crippen LogP contribution in [0.2, 0.25) is 5.02 Å². The van der Waals surface area contributed by atoms with Crippen molar-refractivity contribution in [1.29, 1.82) is 0 Å². The Kier molecular flexibility index (Phi) is 4.42. The number of hydrogen-bond acceptors (Lipinski definition) is 2. The number of amides is 1. The number of hydrogen-bond donors (Lipinski definition) is 2. The van der Waals surface area contributed by atoms with Crippen LogP contribution in [0.25, 0.3) is 0 Å². The molecule has 1 aliphatic rings. The lowest BCUT2D eigenvalue weighted by molar-refractivity contribution is 0.0931. The topological polar surface area (TPSA) is 41.1 Å². The molecule has 5 heteroatoms. The van der Waals surface area contributed by atoms with E-state index in [1.54, 1.807) is 12.1 Å². The van der Waals surface area contributed by atoms with Gasteiger partial charge < -0.3 is 10.6 Å². The molecule has 0 bridgehead atoms. The Bertz CT molecular complexity index is 419. The average Bonchev–Trinajstić information content (AvgIpc) is 2.30. The zero-order valence-electron chi connectivity index (χ0n) is 9.30. The van der Waals surface area contributed by atoms with Crippen LogP contribution >= 0.6 is 27.5 Å². The van der Waals surface area contributed by atoms with Crippen molar-refractivity contribution in [1.82, 2.24) is 10.6 Å². The summed E-state index contributed by atoms with van der Waals surface area (Å²) in [5.74, 6) is -0.101. The summed E-state index contributed by atoms with van der Waals surface area (Å²) in [5, 5.41) is 6.73. The van der Waals surface area contributed by atoms with Crippen LogP contribution in [-0.4, -0.2) is 25.0 Å². The van der Waals surface area contributed by atoms with E-state index in [-0.39, 0.29) is 11.9 Å². The molecule has 0 aliphatic carbocycles. The van der Waals surface area contributed by atoms with E-state index in [0.29, 0.717) is 10.6 Å². The quantitative estimate of drug-likeness (QED) is 0.880. The van der Waals surface area contributed by atoms with Crippen molar-refractivity contribution in [2.75, 3.05) is 13.1 Å². The maximum atomic E-state index is 12.0. The standard InChI is InChI=1S/C12H14BrClN2O/c13-8-3-4-10(11(14)6-8)12(17)16-9-2-1-5-15-7-9/h3-4,6,9,15H,1-2,5,7H2,(H,16,17). The van der Waals surface area contributed by atoms with E-state index in [1.165, 1.54) is 0 Å². The molecular weight excluding hydrogens is 304 g/mol. The van der Waals surface area contributed by atoms with Crippen LogP contribution in [0.1, 0.15) is 23.2 Å². The molecule has 1 aromatic rings. The van der Waals surface area contributed by atoms with Crippen LogP contribution in [0.4, 0.5) is 0 Å². The summed E-state index contributed by atoms with van der Waals surface area (Å²) in [6.07, 6.45) is 2.12. The minimum Gasteiger partial charge on any atom is -0.348 e. The van der Waals surface area contributed by atoms with Crippen molar-refractivity contribution in [3.63, 3.8) is 0 Å². The van der Waals surface area contributed by atoms with Crippen LogP contribution in [0, 0.1) is 0 Å². The Morgan fingerprint density at radius 3 is 3.00 bits per heavy atom. The fraction of sp³-hybridized carbons (Fsp3) is 0.417.